The highest BCUT2D eigenvalue weighted by Crippen LogP contribution is 2.31. The molecular weight excluding hydrogens is 316 g/mol. The van der Waals surface area contributed by atoms with Crippen LogP contribution in [0, 0.1) is 0 Å². The van der Waals surface area contributed by atoms with Gasteiger partial charge in [0.05, 0.1) is 17.5 Å². The summed E-state index contributed by atoms with van der Waals surface area (Å²) in [7, 11) is 1.76. The number of anilines is 1. The van der Waals surface area contributed by atoms with Crippen LogP contribution in [0.4, 0.5) is 5.69 Å². The van der Waals surface area contributed by atoms with Crippen LogP contribution in [0.2, 0.25) is 0 Å². The largest absolute Gasteiger partial charge is 0.474 e. The Balaban J connectivity index is 1.49. The quantitative estimate of drug-likeness (QED) is 0.803. The number of ether oxygens (including phenoxy) is 2. The van der Waals surface area contributed by atoms with Crippen LogP contribution in [0.25, 0.3) is 10.9 Å². The normalized spacial score (nSPS) is 19.2. The SMILES string of the molecule is COCCN1CCN(c2ccc3ncnc(OC4CCC4)c3c2)CC1. The van der Waals surface area contributed by atoms with Crippen LogP contribution in [0.1, 0.15) is 19.3 Å². The summed E-state index contributed by atoms with van der Waals surface area (Å²) in [6.45, 7) is 6.00. The van der Waals surface area contributed by atoms with Crippen molar-refractivity contribution < 1.29 is 9.47 Å². The van der Waals surface area contributed by atoms with Gasteiger partial charge in [-0.25, -0.2) is 9.97 Å². The Morgan fingerprint density at radius 2 is 1.96 bits per heavy atom. The minimum Gasteiger partial charge on any atom is -0.474 e. The lowest BCUT2D eigenvalue weighted by atomic mass is 9.96. The number of hydrogen-bond acceptors (Lipinski definition) is 6. The maximum absolute atomic E-state index is 6.08. The second kappa shape index (κ2) is 7.54. The van der Waals surface area contributed by atoms with Gasteiger partial charge >= 0.3 is 0 Å². The molecule has 25 heavy (non-hydrogen) atoms. The Morgan fingerprint density at radius 3 is 2.68 bits per heavy atom. The van der Waals surface area contributed by atoms with E-state index >= 15 is 0 Å². The Labute approximate surface area is 148 Å². The molecule has 1 aromatic carbocycles. The Morgan fingerprint density at radius 1 is 1.12 bits per heavy atom. The van der Waals surface area contributed by atoms with Gasteiger partial charge in [-0.3, -0.25) is 4.90 Å². The fourth-order valence-electron chi connectivity index (χ4n) is 3.41. The first-order valence-electron chi connectivity index (χ1n) is 9.21. The molecule has 0 bridgehead atoms. The average Bonchev–Trinajstić information content (AvgIpc) is 2.63. The maximum Gasteiger partial charge on any atom is 0.224 e. The van der Waals surface area contributed by atoms with Gasteiger partial charge in [-0.05, 0) is 37.5 Å². The first-order valence-corrected chi connectivity index (χ1v) is 9.21. The number of rotatable bonds is 6. The molecule has 1 saturated heterocycles. The molecule has 0 radical (unpaired) electrons. The van der Waals surface area contributed by atoms with E-state index in [0.29, 0.717) is 6.10 Å². The lowest BCUT2D eigenvalue weighted by Crippen LogP contribution is -2.47. The summed E-state index contributed by atoms with van der Waals surface area (Å²) in [6, 6.07) is 6.43. The molecule has 1 aliphatic heterocycles. The molecule has 1 saturated carbocycles. The zero-order chi connectivity index (χ0) is 17.1. The molecule has 2 fully saturated rings. The molecule has 1 aromatic heterocycles. The maximum atomic E-state index is 6.08. The van der Waals surface area contributed by atoms with Crippen LogP contribution in [-0.4, -0.2) is 67.4 Å². The molecule has 2 aromatic rings. The van der Waals surface area contributed by atoms with Crippen molar-refractivity contribution in [2.45, 2.75) is 25.4 Å². The summed E-state index contributed by atoms with van der Waals surface area (Å²) in [6.07, 6.45) is 5.45. The summed E-state index contributed by atoms with van der Waals surface area (Å²) in [5.41, 5.74) is 2.18. The third-order valence-electron chi connectivity index (χ3n) is 5.26. The molecule has 6 nitrogen and oxygen atoms in total. The number of methoxy groups -OCH3 is 1. The standard InChI is InChI=1S/C19H26N4O2/c1-24-12-11-22-7-9-23(10-8-22)15-5-6-18-17(13-15)19(21-14-20-18)25-16-3-2-4-16/h5-6,13-14,16H,2-4,7-12H2,1H3. The van der Waals surface area contributed by atoms with Crippen molar-refractivity contribution in [2.75, 3.05) is 51.3 Å². The Kier molecular flexibility index (Phi) is 4.99. The number of fused-ring (bicyclic) bond motifs is 1. The van der Waals surface area contributed by atoms with Crippen LogP contribution < -0.4 is 9.64 Å². The van der Waals surface area contributed by atoms with Crippen molar-refractivity contribution in [3.63, 3.8) is 0 Å². The summed E-state index contributed by atoms with van der Waals surface area (Å²) < 4.78 is 11.3. The van der Waals surface area contributed by atoms with Crippen molar-refractivity contribution in [3.8, 4) is 5.88 Å². The van der Waals surface area contributed by atoms with Crippen LogP contribution in [-0.2, 0) is 4.74 Å². The van der Waals surface area contributed by atoms with Gasteiger partial charge < -0.3 is 14.4 Å². The van der Waals surface area contributed by atoms with E-state index < -0.39 is 0 Å². The lowest BCUT2D eigenvalue weighted by molar-refractivity contribution is 0.116. The van der Waals surface area contributed by atoms with Gasteiger partial charge in [0, 0.05) is 45.5 Å². The number of hydrogen-bond donors (Lipinski definition) is 0. The topological polar surface area (TPSA) is 50.7 Å². The van der Waals surface area contributed by atoms with Crippen molar-refractivity contribution in [1.29, 1.82) is 0 Å². The van der Waals surface area contributed by atoms with E-state index in [4.69, 9.17) is 9.47 Å². The molecule has 0 unspecified atom stereocenters. The van der Waals surface area contributed by atoms with Gasteiger partial charge in [0.25, 0.3) is 0 Å². The van der Waals surface area contributed by atoms with Crippen LogP contribution in [0.3, 0.4) is 0 Å². The molecule has 0 N–H and O–H groups in total. The highest BCUT2D eigenvalue weighted by molar-refractivity contribution is 5.86. The first kappa shape index (κ1) is 16.5. The van der Waals surface area contributed by atoms with Gasteiger partial charge in [-0.15, -0.1) is 0 Å². The van der Waals surface area contributed by atoms with E-state index in [0.717, 1.165) is 69.0 Å². The Hall–Kier alpha value is -1.92. The van der Waals surface area contributed by atoms with Crippen molar-refractivity contribution in [2.24, 2.45) is 0 Å². The van der Waals surface area contributed by atoms with Crippen LogP contribution >= 0.6 is 0 Å². The summed E-state index contributed by atoms with van der Waals surface area (Å²) in [5, 5.41) is 1.02. The molecule has 134 valence electrons. The summed E-state index contributed by atoms with van der Waals surface area (Å²) in [4.78, 5) is 13.7. The van der Waals surface area contributed by atoms with Gasteiger partial charge in [0.2, 0.25) is 5.88 Å². The minimum absolute atomic E-state index is 0.325. The molecule has 6 heteroatoms. The Bertz CT molecular complexity index is 712. The second-order valence-corrected chi connectivity index (χ2v) is 6.87. The van der Waals surface area contributed by atoms with E-state index in [1.807, 2.05) is 0 Å². The molecule has 0 atom stereocenters. The molecule has 2 aliphatic rings. The van der Waals surface area contributed by atoms with Gasteiger partial charge in [-0.2, -0.15) is 0 Å². The smallest absolute Gasteiger partial charge is 0.224 e. The predicted molar refractivity (Wildman–Crippen MR) is 98.3 cm³/mol. The number of aromatic nitrogens is 2. The van der Waals surface area contributed by atoms with Crippen molar-refractivity contribution in [3.05, 3.63) is 24.5 Å². The predicted octanol–water partition coefficient (Wildman–Crippen LogP) is 2.33. The van der Waals surface area contributed by atoms with Gasteiger partial charge in [-0.1, -0.05) is 0 Å². The first-order chi connectivity index (χ1) is 12.3. The monoisotopic (exact) mass is 342 g/mol. The highest BCUT2D eigenvalue weighted by atomic mass is 16.5. The fourth-order valence-corrected chi connectivity index (χ4v) is 3.41. The minimum atomic E-state index is 0.325. The number of piperazine rings is 1. The molecule has 0 spiro atoms. The molecule has 2 heterocycles. The van der Waals surface area contributed by atoms with E-state index in [1.54, 1.807) is 13.4 Å². The summed E-state index contributed by atoms with van der Waals surface area (Å²) >= 11 is 0. The number of benzene rings is 1. The molecule has 0 amide bonds. The van der Waals surface area contributed by atoms with Gasteiger partial charge in [0.1, 0.15) is 12.4 Å². The number of nitrogens with zero attached hydrogens (tertiary/aromatic N) is 4. The van der Waals surface area contributed by atoms with E-state index in [2.05, 4.69) is 38.0 Å². The zero-order valence-electron chi connectivity index (χ0n) is 14.9. The van der Waals surface area contributed by atoms with E-state index in [-0.39, 0.29) is 0 Å². The molecular formula is C19H26N4O2. The third-order valence-corrected chi connectivity index (χ3v) is 5.26. The summed E-state index contributed by atoms with van der Waals surface area (Å²) in [5.74, 6) is 0.732. The highest BCUT2D eigenvalue weighted by Gasteiger charge is 2.22. The average molecular weight is 342 g/mol. The van der Waals surface area contributed by atoms with Gasteiger partial charge in [0.15, 0.2) is 0 Å². The third kappa shape index (κ3) is 3.70. The van der Waals surface area contributed by atoms with E-state index in [1.165, 1.54) is 12.1 Å². The van der Waals surface area contributed by atoms with Crippen molar-refractivity contribution >= 4 is 16.6 Å². The van der Waals surface area contributed by atoms with Crippen LogP contribution in [0.15, 0.2) is 24.5 Å². The molecule has 1 aliphatic carbocycles. The zero-order valence-corrected chi connectivity index (χ0v) is 14.9. The fraction of sp³-hybridized carbons (Fsp3) is 0.579. The lowest BCUT2D eigenvalue weighted by Gasteiger charge is -2.36. The van der Waals surface area contributed by atoms with Crippen molar-refractivity contribution in [1.82, 2.24) is 14.9 Å². The molecule has 4 rings (SSSR count). The second-order valence-electron chi connectivity index (χ2n) is 6.87. The van der Waals surface area contributed by atoms with E-state index in [9.17, 15) is 0 Å². The van der Waals surface area contributed by atoms with Crippen LogP contribution in [0.5, 0.6) is 5.88 Å².